The van der Waals surface area contributed by atoms with E-state index in [0.717, 1.165) is 12.1 Å². The molecule has 2 aromatic carbocycles. The second-order valence-electron chi connectivity index (χ2n) is 5.05. The summed E-state index contributed by atoms with van der Waals surface area (Å²) in [5.41, 5.74) is 0.408. The van der Waals surface area contributed by atoms with Gasteiger partial charge in [-0.2, -0.15) is 0 Å². The van der Waals surface area contributed by atoms with E-state index in [1.807, 2.05) is 6.07 Å². The molecule has 0 bridgehead atoms. The van der Waals surface area contributed by atoms with Crippen LogP contribution in [0.1, 0.15) is 18.1 Å². The van der Waals surface area contributed by atoms with E-state index in [2.05, 4.69) is 10.6 Å². The van der Waals surface area contributed by atoms with Crippen LogP contribution >= 0.6 is 0 Å². The fourth-order valence-corrected chi connectivity index (χ4v) is 2.01. The van der Waals surface area contributed by atoms with E-state index in [0.29, 0.717) is 11.6 Å². The van der Waals surface area contributed by atoms with Crippen molar-refractivity contribution in [3.05, 3.63) is 65.7 Å². The third-order valence-corrected chi connectivity index (χ3v) is 3.27. The van der Waals surface area contributed by atoms with E-state index in [9.17, 15) is 23.5 Å². The van der Waals surface area contributed by atoms with Crippen LogP contribution in [0, 0.1) is 11.6 Å². The van der Waals surface area contributed by atoms with Gasteiger partial charge in [-0.25, -0.2) is 8.78 Å². The first-order valence-corrected chi connectivity index (χ1v) is 7.24. The van der Waals surface area contributed by atoms with Crippen LogP contribution in [-0.4, -0.2) is 23.5 Å². The van der Waals surface area contributed by atoms with Crippen LogP contribution in [0.3, 0.4) is 0 Å². The zero-order chi connectivity index (χ0) is 17.5. The summed E-state index contributed by atoms with van der Waals surface area (Å²) in [5, 5.41) is 14.3. The lowest BCUT2D eigenvalue weighted by Gasteiger charge is -2.11. The molecule has 0 saturated heterocycles. The molecule has 0 radical (unpaired) electrons. The van der Waals surface area contributed by atoms with Crippen molar-refractivity contribution < 1.29 is 23.5 Å². The summed E-state index contributed by atoms with van der Waals surface area (Å²) in [6.45, 7) is 0.0637. The predicted octanol–water partition coefficient (Wildman–Crippen LogP) is 2.14. The second-order valence-corrected chi connectivity index (χ2v) is 5.05. The number of carbonyl (C=O) groups excluding carboxylic acids is 2. The molecule has 126 valence electrons. The minimum absolute atomic E-state index is 0.0637. The summed E-state index contributed by atoms with van der Waals surface area (Å²) >= 11 is 0. The standard InChI is InChI=1S/C17H16F2N2O3/c18-12-6-7-14(13(19)10-12)21-17(24)16(23)20-9-8-15(22)11-4-2-1-3-5-11/h1-7,10,15,22H,8-9H2,(H,20,23)(H,21,24)/t15-/m0/s1. The van der Waals surface area contributed by atoms with Gasteiger partial charge in [0.05, 0.1) is 11.8 Å². The molecule has 2 aromatic rings. The normalized spacial score (nSPS) is 11.6. The van der Waals surface area contributed by atoms with E-state index >= 15 is 0 Å². The fraction of sp³-hybridized carbons (Fsp3) is 0.176. The highest BCUT2D eigenvalue weighted by molar-refractivity contribution is 6.39. The van der Waals surface area contributed by atoms with Gasteiger partial charge >= 0.3 is 11.8 Å². The van der Waals surface area contributed by atoms with Gasteiger partial charge in [0.1, 0.15) is 11.6 Å². The summed E-state index contributed by atoms with van der Waals surface area (Å²) in [6.07, 6.45) is -0.558. The number of hydrogen-bond donors (Lipinski definition) is 3. The smallest absolute Gasteiger partial charge is 0.313 e. The SMILES string of the molecule is O=C(NCC[C@H](O)c1ccccc1)C(=O)Nc1ccc(F)cc1F. The topological polar surface area (TPSA) is 78.4 Å². The number of aliphatic hydroxyl groups is 1. The highest BCUT2D eigenvalue weighted by atomic mass is 19.1. The lowest BCUT2D eigenvalue weighted by atomic mass is 10.1. The Morgan fingerprint density at radius 1 is 1.04 bits per heavy atom. The highest BCUT2D eigenvalue weighted by Gasteiger charge is 2.16. The van der Waals surface area contributed by atoms with Crippen molar-refractivity contribution in [2.45, 2.75) is 12.5 Å². The molecule has 0 aliphatic heterocycles. The Bertz CT molecular complexity index is 723. The number of hydrogen-bond acceptors (Lipinski definition) is 3. The van der Waals surface area contributed by atoms with Gasteiger partial charge in [0.2, 0.25) is 0 Å². The molecule has 2 rings (SSSR count). The van der Waals surface area contributed by atoms with E-state index < -0.39 is 29.6 Å². The third kappa shape index (κ3) is 4.85. The number of aliphatic hydroxyl groups excluding tert-OH is 1. The Kier molecular flexibility index (Phi) is 5.97. The maximum Gasteiger partial charge on any atom is 0.313 e. The molecule has 3 N–H and O–H groups in total. The molecule has 7 heteroatoms. The van der Waals surface area contributed by atoms with Crippen LogP contribution in [0.4, 0.5) is 14.5 Å². The van der Waals surface area contributed by atoms with Gasteiger partial charge in [0.15, 0.2) is 0 Å². The first kappa shape index (κ1) is 17.6. The average Bonchev–Trinajstić information content (AvgIpc) is 2.57. The quantitative estimate of drug-likeness (QED) is 0.733. The summed E-state index contributed by atoms with van der Waals surface area (Å²) in [5.74, 6) is -3.81. The summed E-state index contributed by atoms with van der Waals surface area (Å²) in [6, 6.07) is 11.5. The summed E-state index contributed by atoms with van der Waals surface area (Å²) < 4.78 is 26.2. The van der Waals surface area contributed by atoms with E-state index in [-0.39, 0.29) is 18.7 Å². The Morgan fingerprint density at radius 2 is 1.75 bits per heavy atom. The molecular formula is C17H16F2N2O3. The molecule has 0 spiro atoms. The molecule has 0 fully saturated rings. The van der Waals surface area contributed by atoms with Crippen LogP contribution in [-0.2, 0) is 9.59 Å². The van der Waals surface area contributed by atoms with E-state index in [1.165, 1.54) is 0 Å². The zero-order valence-corrected chi connectivity index (χ0v) is 12.6. The largest absolute Gasteiger partial charge is 0.388 e. The molecule has 0 unspecified atom stereocenters. The van der Waals surface area contributed by atoms with Crippen molar-refractivity contribution in [3.8, 4) is 0 Å². The number of nitrogens with one attached hydrogen (secondary N) is 2. The fourth-order valence-electron chi connectivity index (χ4n) is 2.01. The van der Waals surface area contributed by atoms with Crippen molar-refractivity contribution in [1.29, 1.82) is 0 Å². The van der Waals surface area contributed by atoms with Crippen molar-refractivity contribution >= 4 is 17.5 Å². The van der Waals surface area contributed by atoms with Crippen molar-refractivity contribution in [1.82, 2.24) is 5.32 Å². The molecule has 0 saturated carbocycles. The minimum atomic E-state index is -1.07. The molecular weight excluding hydrogens is 318 g/mol. The number of amides is 2. The molecule has 24 heavy (non-hydrogen) atoms. The maximum atomic E-state index is 13.4. The number of carbonyl (C=O) groups is 2. The maximum absolute atomic E-state index is 13.4. The van der Waals surface area contributed by atoms with E-state index in [1.54, 1.807) is 24.3 Å². The Labute approximate surface area is 137 Å². The number of halogens is 2. The van der Waals surface area contributed by atoms with Gasteiger partial charge in [0, 0.05) is 12.6 Å². The molecule has 0 heterocycles. The second kappa shape index (κ2) is 8.16. The van der Waals surface area contributed by atoms with Gasteiger partial charge in [0.25, 0.3) is 0 Å². The number of benzene rings is 2. The van der Waals surface area contributed by atoms with Crippen molar-refractivity contribution in [2.24, 2.45) is 0 Å². The van der Waals surface area contributed by atoms with Gasteiger partial charge in [-0.3, -0.25) is 9.59 Å². The monoisotopic (exact) mass is 334 g/mol. The Balaban J connectivity index is 1.80. The Hall–Kier alpha value is -2.80. The summed E-state index contributed by atoms with van der Waals surface area (Å²) in [4.78, 5) is 23.3. The van der Waals surface area contributed by atoms with Crippen LogP contribution < -0.4 is 10.6 Å². The van der Waals surface area contributed by atoms with Crippen LogP contribution in [0.15, 0.2) is 48.5 Å². The van der Waals surface area contributed by atoms with E-state index in [4.69, 9.17) is 0 Å². The van der Waals surface area contributed by atoms with Gasteiger partial charge in [-0.05, 0) is 24.1 Å². The van der Waals surface area contributed by atoms with Gasteiger partial charge in [-0.15, -0.1) is 0 Å². The van der Waals surface area contributed by atoms with Crippen LogP contribution in [0.2, 0.25) is 0 Å². The molecule has 1 atom stereocenters. The molecule has 5 nitrogen and oxygen atoms in total. The highest BCUT2D eigenvalue weighted by Crippen LogP contribution is 2.16. The molecule has 2 amide bonds. The molecule has 0 aliphatic carbocycles. The number of anilines is 1. The third-order valence-electron chi connectivity index (χ3n) is 3.27. The zero-order valence-electron chi connectivity index (χ0n) is 12.6. The first-order valence-electron chi connectivity index (χ1n) is 7.24. The first-order chi connectivity index (χ1) is 11.5. The lowest BCUT2D eigenvalue weighted by Crippen LogP contribution is -2.36. The van der Waals surface area contributed by atoms with Gasteiger partial charge in [-0.1, -0.05) is 30.3 Å². The number of rotatable bonds is 5. The molecule has 0 aromatic heterocycles. The average molecular weight is 334 g/mol. The van der Waals surface area contributed by atoms with Gasteiger partial charge < -0.3 is 15.7 Å². The van der Waals surface area contributed by atoms with Crippen molar-refractivity contribution in [2.75, 3.05) is 11.9 Å². The van der Waals surface area contributed by atoms with Crippen molar-refractivity contribution in [3.63, 3.8) is 0 Å². The summed E-state index contributed by atoms with van der Waals surface area (Å²) in [7, 11) is 0. The predicted molar refractivity (Wildman–Crippen MR) is 84.0 cm³/mol. The van der Waals surface area contributed by atoms with Crippen LogP contribution in [0.25, 0.3) is 0 Å². The minimum Gasteiger partial charge on any atom is -0.388 e. The van der Waals surface area contributed by atoms with Crippen LogP contribution in [0.5, 0.6) is 0 Å². The lowest BCUT2D eigenvalue weighted by molar-refractivity contribution is -0.136. The molecule has 0 aliphatic rings. The Morgan fingerprint density at radius 3 is 2.42 bits per heavy atom.